The molecule has 0 amide bonds. The molecule has 100 valence electrons. The fourth-order valence-electron chi connectivity index (χ4n) is 2.25. The van der Waals surface area contributed by atoms with Crippen LogP contribution >= 0.6 is 11.6 Å². The van der Waals surface area contributed by atoms with Gasteiger partial charge in [0.1, 0.15) is 0 Å². The Labute approximate surface area is 121 Å². The van der Waals surface area contributed by atoms with Crippen LogP contribution in [0.1, 0.15) is 5.56 Å². The van der Waals surface area contributed by atoms with Gasteiger partial charge in [0, 0.05) is 22.3 Å². The maximum atomic E-state index is 12.4. The lowest BCUT2D eigenvalue weighted by Gasteiger charge is -2.09. The number of aromatic nitrogens is 1. The molecule has 1 heterocycles. The molecule has 0 fully saturated rings. The molecule has 0 atom stereocenters. The van der Waals surface area contributed by atoms with Gasteiger partial charge in [-0.1, -0.05) is 29.8 Å². The summed E-state index contributed by atoms with van der Waals surface area (Å²) in [6.45, 7) is 0.410. The van der Waals surface area contributed by atoms with E-state index >= 15 is 0 Å². The van der Waals surface area contributed by atoms with Crippen molar-refractivity contribution in [3.05, 3.63) is 75.7 Å². The summed E-state index contributed by atoms with van der Waals surface area (Å²) in [5.74, 6) is 0. The van der Waals surface area contributed by atoms with Crippen LogP contribution in [0.4, 0.5) is 5.69 Å². The Bertz CT molecular complexity index is 839. The lowest BCUT2D eigenvalue weighted by molar-refractivity contribution is 0.768. The number of fused-ring (bicyclic) bond motifs is 1. The first-order chi connectivity index (χ1) is 9.65. The van der Waals surface area contributed by atoms with Crippen molar-refractivity contribution in [3.8, 4) is 0 Å². The summed E-state index contributed by atoms with van der Waals surface area (Å²) < 4.78 is 1.64. The van der Waals surface area contributed by atoms with Crippen LogP contribution in [-0.4, -0.2) is 4.57 Å². The molecule has 20 heavy (non-hydrogen) atoms. The number of nitrogens with zero attached hydrogens (tertiary/aromatic N) is 1. The number of anilines is 1. The van der Waals surface area contributed by atoms with Crippen LogP contribution in [0.15, 0.2) is 59.5 Å². The third kappa shape index (κ3) is 2.28. The lowest BCUT2D eigenvalue weighted by atomic mass is 10.1. The van der Waals surface area contributed by atoms with Crippen LogP contribution in [0.2, 0.25) is 5.02 Å². The standard InChI is InChI=1S/C16H13ClN2O/c17-15-6-5-13(18)9-12(15)10-19-8-7-11-3-1-2-4-14(11)16(19)20/h1-9H,10,18H2. The van der Waals surface area contributed by atoms with E-state index in [1.54, 1.807) is 29.0 Å². The van der Waals surface area contributed by atoms with Crippen molar-refractivity contribution in [2.24, 2.45) is 0 Å². The molecular weight excluding hydrogens is 272 g/mol. The van der Waals surface area contributed by atoms with Crippen molar-refractivity contribution < 1.29 is 0 Å². The molecule has 0 aliphatic heterocycles. The first-order valence-corrected chi connectivity index (χ1v) is 6.65. The maximum Gasteiger partial charge on any atom is 0.258 e. The van der Waals surface area contributed by atoms with Gasteiger partial charge in [0.25, 0.3) is 5.56 Å². The van der Waals surface area contributed by atoms with Gasteiger partial charge in [-0.2, -0.15) is 0 Å². The first-order valence-electron chi connectivity index (χ1n) is 6.27. The molecule has 4 heteroatoms. The van der Waals surface area contributed by atoms with Gasteiger partial charge in [-0.3, -0.25) is 4.79 Å². The molecule has 0 saturated carbocycles. The fourth-order valence-corrected chi connectivity index (χ4v) is 2.43. The van der Waals surface area contributed by atoms with Crippen LogP contribution in [0.5, 0.6) is 0 Å². The highest BCUT2D eigenvalue weighted by Gasteiger charge is 2.06. The van der Waals surface area contributed by atoms with E-state index in [1.165, 1.54) is 0 Å². The minimum absolute atomic E-state index is 0.0263. The van der Waals surface area contributed by atoms with Gasteiger partial charge in [0.15, 0.2) is 0 Å². The molecule has 3 nitrogen and oxygen atoms in total. The summed E-state index contributed by atoms with van der Waals surface area (Å²) in [5.41, 5.74) is 7.21. The second-order valence-electron chi connectivity index (χ2n) is 4.69. The molecule has 3 rings (SSSR count). The first kappa shape index (κ1) is 12.8. The molecule has 0 saturated heterocycles. The summed E-state index contributed by atoms with van der Waals surface area (Å²) in [5, 5.41) is 2.25. The van der Waals surface area contributed by atoms with Gasteiger partial charge < -0.3 is 10.3 Å². The lowest BCUT2D eigenvalue weighted by Crippen LogP contribution is -2.20. The maximum absolute atomic E-state index is 12.4. The Morgan fingerprint density at radius 3 is 2.75 bits per heavy atom. The van der Waals surface area contributed by atoms with E-state index in [-0.39, 0.29) is 5.56 Å². The number of nitrogens with two attached hydrogens (primary N) is 1. The zero-order valence-corrected chi connectivity index (χ0v) is 11.5. The van der Waals surface area contributed by atoms with Crippen LogP contribution < -0.4 is 11.3 Å². The quantitative estimate of drug-likeness (QED) is 0.734. The highest BCUT2D eigenvalue weighted by Crippen LogP contribution is 2.20. The average molecular weight is 285 g/mol. The Balaban J connectivity index is 2.09. The van der Waals surface area contributed by atoms with Gasteiger partial charge in [0.05, 0.1) is 6.54 Å². The summed E-state index contributed by atoms with van der Waals surface area (Å²) in [6, 6.07) is 14.8. The third-order valence-electron chi connectivity index (χ3n) is 3.30. The smallest absolute Gasteiger partial charge is 0.258 e. The summed E-state index contributed by atoms with van der Waals surface area (Å²) in [6.07, 6.45) is 1.78. The van der Waals surface area contributed by atoms with E-state index in [2.05, 4.69) is 0 Å². The second kappa shape index (κ2) is 5.02. The molecular formula is C16H13ClN2O. The molecule has 0 aliphatic rings. The Hall–Kier alpha value is -2.26. The molecule has 0 spiro atoms. The van der Waals surface area contributed by atoms with Crippen molar-refractivity contribution in [1.82, 2.24) is 4.57 Å². The number of nitrogen functional groups attached to an aromatic ring is 1. The third-order valence-corrected chi connectivity index (χ3v) is 3.67. The van der Waals surface area contributed by atoms with Crippen molar-refractivity contribution in [2.45, 2.75) is 6.54 Å². The molecule has 3 aromatic rings. The zero-order chi connectivity index (χ0) is 14.1. The summed E-state index contributed by atoms with van der Waals surface area (Å²) in [7, 11) is 0. The Kier molecular flexibility index (Phi) is 3.20. The predicted octanol–water partition coefficient (Wildman–Crippen LogP) is 3.29. The van der Waals surface area contributed by atoms with Gasteiger partial charge >= 0.3 is 0 Å². The Morgan fingerprint density at radius 2 is 1.90 bits per heavy atom. The minimum atomic E-state index is -0.0263. The van der Waals surface area contributed by atoms with E-state index < -0.39 is 0 Å². The van der Waals surface area contributed by atoms with Gasteiger partial charge in [-0.25, -0.2) is 0 Å². The molecule has 0 bridgehead atoms. The van der Waals surface area contributed by atoms with E-state index in [4.69, 9.17) is 17.3 Å². The van der Waals surface area contributed by atoms with E-state index in [9.17, 15) is 4.79 Å². The van der Waals surface area contributed by atoms with Gasteiger partial charge in [-0.05, 0) is 41.3 Å². The zero-order valence-electron chi connectivity index (χ0n) is 10.7. The van der Waals surface area contributed by atoms with E-state index in [1.807, 2.05) is 30.3 Å². The Morgan fingerprint density at radius 1 is 1.10 bits per heavy atom. The van der Waals surface area contributed by atoms with Crippen LogP contribution in [0, 0.1) is 0 Å². The normalized spacial score (nSPS) is 10.8. The monoisotopic (exact) mass is 284 g/mol. The average Bonchev–Trinajstić information content (AvgIpc) is 2.46. The largest absolute Gasteiger partial charge is 0.399 e. The number of benzene rings is 2. The van der Waals surface area contributed by atoms with Crippen molar-refractivity contribution in [2.75, 3.05) is 5.73 Å². The fraction of sp³-hybridized carbons (Fsp3) is 0.0625. The summed E-state index contributed by atoms with van der Waals surface area (Å²) in [4.78, 5) is 12.4. The van der Waals surface area contributed by atoms with Crippen molar-refractivity contribution in [3.63, 3.8) is 0 Å². The minimum Gasteiger partial charge on any atom is -0.399 e. The molecule has 0 aliphatic carbocycles. The highest BCUT2D eigenvalue weighted by atomic mass is 35.5. The molecule has 0 radical (unpaired) electrons. The van der Waals surface area contributed by atoms with Crippen molar-refractivity contribution in [1.29, 1.82) is 0 Å². The highest BCUT2D eigenvalue weighted by molar-refractivity contribution is 6.31. The van der Waals surface area contributed by atoms with E-state index in [0.717, 1.165) is 10.9 Å². The number of hydrogen-bond acceptors (Lipinski definition) is 2. The molecule has 2 aromatic carbocycles. The van der Waals surface area contributed by atoms with Crippen LogP contribution in [-0.2, 0) is 6.54 Å². The summed E-state index contributed by atoms with van der Waals surface area (Å²) >= 11 is 6.15. The molecule has 2 N–H and O–H groups in total. The van der Waals surface area contributed by atoms with Crippen LogP contribution in [0.3, 0.4) is 0 Å². The second-order valence-corrected chi connectivity index (χ2v) is 5.09. The number of rotatable bonds is 2. The SMILES string of the molecule is Nc1ccc(Cl)c(Cn2ccc3ccccc3c2=O)c1. The molecule has 1 aromatic heterocycles. The van der Waals surface area contributed by atoms with Crippen molar-refractivity contribution >= 4 is 28.1 Å². The molecule has 0 unspecified atom stereocenters. The number of halogens is 1. The van der Waals surface area contributed by atoms with E-state index in [0.29, 0.717) is 22.6 Å². The van der Waals surface area contributed by atoms with Gasteiger partial charge in [0.2, 0.25) is 0 Å². The number of pyridine rings is 1. The predicted molar refractivity (Wildman–Crippen MR) is 83.2 cm³/mol. The number of hydrogen-bond donors (Lipinski definition) is 1. The van der Waals surface area contributed by atoms with Crippen LogP contribution in [0.25, 0.3) is 10.8 Å². The topological polar surface area (TPSA) is 48.0 Å². The van der Waals surface area contributed by atoms with Gasteiger partial charge in [-0.15, -0.1) is 0 Å².